The second-order valence-corrected chi connectivity index (χ2v) is 6.46. The van der Waals surface area contributed by atoms with Gasteiger partial charge in [0.25, 0.3) is 11.8 Å². The standard InChI is InChI=1S/C18H11BrN2O5/c19-11-2-4-12(5-3-11)21-17(23)13(16(22)20-18(21)24)7-10-1-6-14-15(8-10)26-9-25-14/h1-8H,9H2,(H,20,22,24). The normalized spacial score (nSPS) is 17.7. The number of barbiturate groups is 1. The van der Waals surface area contributed by atoms with Crippen LogP contribution in [0.2, 0.25) is 0 Å². The van der Waals surface area contributed by atoms with Gasteiger partial charge in [-0.2, -0.15) is 0 Å². The monoisotopic (exact) mass is 414 g/mol. The van der Waals surface area contributed by atoms with Gasteiger partial charge in [-0.1, -0.05) is 22.0 Å². The van der Waals surface area contributed by atoms with Crippen LogP contribution in [0, 0.1) is 0 Å². The molecule has 0 aromatic heterocycles. The van der Waals surface area contributed by atoms with Crippen molar-refractivity contribution in [2.75, 3.05) is 11.7 Å². The number of benzene rings is 2. The van der Waals surface area contributed by atoms with Crippen molar-refractivity contribution in [1.29, 1.82) is 0 Å². The van der Waals surface area contributed by atoms with Crippen LogP contribution in [-0.4, -0.2) is 24.6 Å². The third-order valence-corrected chi connectivity index (χ3v) is 4.42. The number of halogens is 1. The zero-order valence-corrected chi connectivity index (χ0v) is 14.8. The summed E-state index contributed by atoms with van der Waals surface area (Å²) in [4.78, 5) is 38.0. The van der Waals surface area contributed by atoms with Gasteiger partial charge in [-0.3, -0.25) is 14.9 Å². The molecule has 2 aliphatic heterocycles. The smallest absolute Gasteiger partial charge is 0.335 e. The van der Waals surface area contributed by atoms with Crippen molar-refractivity contribution < 1.29 is 23.9 Å². The van der Waals surface area contributed by atoms with Crippen molar-refractivity contribution in [1.82, 2.24) is 5.32 Å². The number of amides is 4. The minimum absolute atomic E-state index is 0.126. The maximum absolute atomic E-state index is 12.8. The molecule has 2 heterocycles. The summed E-state index contributed by atoms with van der Waals surface area (Å²) in [6.45, 7) is 0.126. The number of carbonyl (C=O) groups excluding carboxylic acids is 3. The van der Waals surface area contributed by atoms with E-state index in [0.717, 1.165) is 9.37 Å². The SMILES string of the molecule is O=C1NC(=O)N(c2ccc(Br)cc2)C(=O)C1=Cc1ccc2c(c1)OCO2. The number of imide groups is 2. The third-order valence-electron chi connectivity index (χ3n) is 3.89. The molecule has 4 rings (SSSR count). The number of urea groups is 1. The molecule has 1 saturated heterocycles. The molecule has 2 aliphatic rings. The first-order valence-electron chi connectivity index (χ1n) is 7.59. The van der Waals surface area contributed by atoms with Crippen molar-refractivity contribution >= 4 is 45.5 Å². The summed E-state index contributed by atoms with van der Waals surface area (Å²) in [6.07, 6.45) is 1.41. The number of carbonyl (C=O) groups is 3. The Morgan fingerprint density at radius 1 is 1.00 bits per heavy atom. The topological polar surface area (TPSA) is 84.9 Å². The lowest BCUT2D eigenvalue weighted by molar-refractivity contribution is -0.122. The number of ether oxygens (including phenoxy) is 2. The second-order valence-electron chi connectivity index (χ2n) is 5.55. The van der Waals surface area contributed by atoms with E-state index in [1.165, 1.54) is 6.08 Å². The maximum Gasteiger partial charge on any atom is 0.335 e. The fourth-order valence-electron chi connectivity index (χ4n) is 2.65. The van der Waals surface area contributed by atoms with Gasteiger partial charge >= 0.3 is 6.03 Å². The molecule has 0 unspecified atom stereocenters. The van der Waals surface area contributed by atoms with Crippen molar-refractivity contribution in [3.8, 4) is 11.5 Å². The van der Waals surface area contributed by atoms with Gasteiger partial charge in [0.15, 0.2) is 11.5 Å². The fraction of sp³-hybridized carbons (Fsp3) is 0.0556. The largest absolute Gasteiger partial charge is 0.454 e. The summed E-state index contributed by atoms with van der Waals surface area (Å²) >= 11 is 3.30. The molecule has 4 amide bonds. The lowest BCUT2D eigenvalue weighted by Gasteiger charge is -2.26. The van der Waals surface area contributed by atoms with Crippen molar-refractivity contribution in [2.45, 2.75) is 0 Å². The number of rotatable bonds is 2. The summed E-state index contributed by atoms with van der Waals surface area (Å²) in [5.74, 6) is -0.313. The van der Waals surface area contributed by atoms with Gasteiger partial charge in [0.1, 0.15) is 5.57 Å². The summed E-state index contributed by atoms with van der Waals surface area (Å²) < 4.78 is 11.3. The van der Waals surface area contributed by atoms with E-state index in [4.69, 9.17) is 9.47 Å². The Hall–Kier alpha value is -3.13. The molecule has 0 bridgehead atoms. The molecule has 0 aliphatic carbocycles. The highest BCUT2D eigenvalue weighted by Gasteiger charge is 2.36. The van der Waals surface area contributed by atoms with Crippen molar-refractivity contribution in [3.05, 3.63) is 58.1 Å². The Morgan fingerprint density at radius 3 is 2.50 bits per heavy atom. The van der Waals surface area contributed by atoms with Crippen molar-refractivity contribution in [2.24, 2.45) is 0 Å². The predicted molar refractivity (Wildman–Crippen MR) is 95.7 cm³/mol. The molecular weight excluding hydrogens is 404 g/mol. The molecule has 130 valence electrons. The number of nitrogens with one attached hydrogen (secondary N) is 1. The predicted octanol–water partition coefficient (Wildman–Crippen LogP) is 2.84. The van der Waals surface area contributed by atoms with E-state index < -0.39 is 17.8 Å². The van der Waals surface area contributed by atoms with Crippen LogP contribution in [0.15, 0.2) is 52.5 Å². The Labute approximate surface area is 156 Å². The Balaban J connectivity index is 1.71. The highest BCUT2D eigenvalue weighted by Crippen LogP contribution is 2.33. The maximum atomic E-state index is 12.8. The average Bonchev–Trinajstić information content (AvgIpc) is 3.08. The molecule has 0 saturated carbocycles. The number of nitrogens with zero attached hydrogens (tertiary/aromatic N) is 1. The third kappa shape index (κ3) is 2.84. The molecule has 8 heteroatoms. The van der Waals surface area contributed by atoms with Gasteiger partial charge in [0.2, 0.25) is 6.79 Å². The Kier molecular flexibility index (Phi) is 3.96. The van der Waals surface area contributed by atoms with Crippen LogP contribution in [0.3, 0.4) is 0 Å². The summed E-state index contributed by atoms with van der Waals surface area (Å²) in [7, 11) is 0. The van der Waals surface area contributed by atoms with E-state index in [1.54, 1.807) is 42.5 Å². The van der Waals surface area contributed by atoms with E-state index in [-0.39, 0.29) is 12.4 Å². The molecule has 1 N–H and O–H groups in total. The van der Waals surface area contributed by atoms with E-state index in [0.29, 0.717) is 22.7 Å². The first kappa shape index (κ1) is 16.3. The van der Waals surface area contributed by atoms with Crippen LogP contribution < -0.4 is 19.7 Å². The van der Waals surface area contributed by atoms with Crippen LogP contribution >= 0.6 is 15.9 Å². The first-order chi connectivity index (χ1) is 12.5. The number of anilines is 1. The minimum Gasteiger partial charge on any atom is -0.454 e. The fourth-order valence-corrected chi connectivity index (χ4v) is 2.92. The van der Waals surface area contributed by atoms with Crippen LogP contribution in [0.25, 0.3) is 6.08 Å². The van der Waals surface area contributed by atoms with Gasteiger partial charge in [-0.25, -0.2) is 9.69 Å². The summed E-state index contributed by atoms with van der Waals surface area (Å²) in [5, 5.41) is 2.19. The molecule has 2 aromatic carbocycles. The minimum atomic E-state index is -0.787. The van der Waals surface area contributed by atoms with Gasteiger partial charge in [0.05, 0.1) is 5.69 Å². The lowest BCUT2D eigenvalue weighted by Crippen LogP contribution is -2.54. The van der Waals surface area contributed by atoms with Gasteiger partial charge in [0, 0.05) is 4.47 Å². The molecule has 0 spiro atoms. The Bertz CT molecular complexity index is 968. The summed E-state index contributed by atoms with van der Waals surface area (Å²) in [5.41, 5.74) is 0.795. The van der Waals surface area contributed by atoms with Crippen LogP contribution in [0.1, 0.15) is 5.56 Å². The highest BCUT2D eigenvalue weighted by molar-refractivity contribution is 9.10. The molecule has 2 aromatic rings. The van der Waals surface area contributed by atoms with Crippen LogP contribution in [0.5, 0.6) is 11.5 Å². The second kappa shape index (κ2) is 6.30. The van der Waals surface area contributed by atoms with Crippen molar-refractivity contribution in [3.63, 3.8) is 0 Å². The number of fused-ring (bicyclic) bond motifs is 1. The highest BCUT2D eigenvalue weighted by atomic mass is 79.9. The lowest BCUT2D eigenvalue weighted by atomic mass is 10.1. The van der Waals surface area contributed by atoms with Gasteiger partial charge in [-0.05, 0) is 48.0 Å². The van der Waals surface area contributed by atoms with E-state index >= 15 is 0 Å². The summed E-state index contributed by atoms with van der Waals surface area (Å²) in [6, 6.07) is 10.9. The zero-order valence-electron chi connectivity index (χ0n) is 13.2. The first-order valence-corrected chi connectivity index (χ1v) is 8.39. The number of hydrogen-bond acceptors (Lipinski definition) is 5. The van der Waals surface area contributed by atoms with Gasteiger partial charge < -0.3 is 9.47 Å². The Morgan fingerprint density at radius 2 is 1.73 bits per heavy atom. The van der Waals surface area contributed by atoms with Crippen LogP contribution in [0.4, 0.5) is 10.5 Å². The number of hydrogen-bond donors (Lipinski definition) is 1. The van der Waals surface area contributed by atoms with E-state index in [2.05, 4.69) is 21.2 Å². The average molecular weight is 415 g/mol. The zero-order chi connectivity index (χ0) is 18.3. The molecule has 7 nitrogen and oxygen atoms in total. The quantitative estimate of drug-likeness (QED) is 0.603. The van der Waals surface area contributed by atoms with Crippen LogP contribution in [-0.2, 0) is 9.59 Å². The van der Waals surface area contributed by atoms with Gasteiger partial charge in [-0.15, -0.1) is 0 Å². The molecular formula is C18H11BrN2O5. The molecule has 26 heavy (non-hydrogen) atoms. The van der Waals surface area contributed by atoms with E-state index in [9.17, 15) is 14.4 Å². The van der Waals surface area contributed by atoms with E-state index in [1.807, 2.05) is 0 Å². The molecule has 1 fully saturated rings. The molecule has 0 radical (unpaired) electrons. The molecule has 0 atom stereocenters.